The van der Waals surface area contributed by atoms with Crippen LogP contribution in [0.3, 0.4) is 0 Å². The van der Waals surface area contributed by atoms with Crippen molar-refractivity contribution in [2.75, 3.05) is 59.4 Å². The van der Waals surface area contributed by atoms with E-state index in [1.807, 2.05) is 19.2 Å². The topological polar surface area (TPSA) is 70.2 Å². The second kappa shape index (κ2) is 15.0. The van der Waals surface area contributed by atoms with E-state index in [0.29, 0.717) is 13.2 Å². The molecule has 1 heterocycles. The molecule has 182 valence electrons. The van der Waals surface area contributed by atoms with E-state index < -0.39 is 0 Å². The summed E-state index contributed by atoms with van der Waals surface area (Å²) in [6, 6.07) is 17.0. The minimum atomic E-state index is 0. The van der Waals surface area contributed by atoms with Gasteiger partial charge in [-0.05, 0) is 49.7 Å². The molecule has 7 nitrogen and oxygen atoms in total. The lowest BCUT2D eigenvalue weighted by atomic mass is 10.0. The van der Waals surface area contributed by atoms with E-state index in [9.17, 15) is 0 Å². The van der Waals surface area contributed by atoms with Crippen LogP contribution in [0.15, 0.2) is 53.5 Å². The van der Waals surface area contributed by atoms with Crippen LogP contribution in [0.5, 0.6) is 5.75 Å². The Morgan fingerprint density at radius 3 is 2.42 bits per heavy atom. The molecule has 1 aliphatic heterocycles. The number of ether oxygens (including phenoxy) is 2. The van der Waals surface area contributed by atoms with Gasteiger partial charge in [-0.2, -0.15) is 0 Å². The van der Waals surface area contributed by atoms with Crippen LogP contribution in [0, 0.1) is 0 Å². The third kappa shape index (κ3) is 8.35. The summed E-state index contributed by atoms with van der Waals surface area (Å²) in [5.74, 6) is 1.74. The number of hydrogen-bond acceptors (Lipinski definition) is 5. The van der Waals surface area contributed by atoms with E-state index >= 15 is 0 Å². The van der Waals surface area contributed by atoms with Crippen molar-refractivity contribution in [1.29, 1.82) is 0 Å². The maximum atomic E-state index is 5.65. The van der Waals surface area contributed by atoms with E-state index in [1.54, 1.807) is 14.2 Å². The molecule has 1 saturated heterocycles. The van der Waals surface area contributed by atoms with Crippen LogP contribution in [0.4, 0.5) is 5.69 Å². The molecule has 2 aromatic carbocycles. The van der Waals surface area contributed by atoms with E-state index in [4.69, 9.17) is 9.47 Å². The molecular formula is C25H38IN5O2. The first-order valence-corrected chi connectivity index (χ1v) is 11.4. The van der Waals surface area contributed by atoms with Gasteiger partial charge >= 0.3 is 0 Å². The zero-order valence-corrected chi connectivity index (χ0v) is 22.3. The molecule has 3 rings (SSSR count). The van der Waals surface area contributed by atoms with Crippen molar-refractivity contribution in [3.05, 3.63) is 59.7 Å². The summed E-state index contributed by atoms with van der Waals surface area (Å²) in [6.07, 6.45) is 2.49. The minimum Gasteiger partial charge on any atom is -0.496 e. The number of methoxy groups -OCH3 is 2. The summed E-state index contributed by atoms with van der Waals surface area (Å²) in [4.78, 5) is 6.96. The fraction of sp³-hybridized carbons (Fsp3) is 0.480. The van der Waals surface area contributed by atoms with Crippen LogP contribution >= 0.6 is 24.0 Å². The lowest BCUT2D eigenvalue weighted by molar-refractivity contribution is 0.211. The molecule has 33 heavy (non-hydrogen) atoms. The summed E-state index contributed by atoms with van der Waals surface area (Å²) in [6.45, 7) is 5.19. The van der Waals surface area contributed by atoms with E-state index in [0.717, 1.165) is 43.6 Å². The number of nitrogens with zero attached hydrogens (tertiary/aromatic N) is 2. The van der Waals surface area contributed by atoms with E-state index in [2.05, 4.69) is 62.2 Å². The fourth-order valence-corrected chi connectivity index (χ4v) is 4.07. The quantitative estimate of drug-likeness (QED) is 0.166. The predicted octanol–water partition coefficient (Wildman–Crippen LogP) is 3.87. The van der Waals surface area contributed by atoms with Gasteiger partial charge in [0.1, 0.15) is 5.75 Å². The molecular weight excluding hydrogens is 529 g/mol. The molecule has 2 aromatic rings. The van der Waals surface area contributed by atoms with Gasteiger partial charge < -0.3 is 25.4 Å². The molecule has 0 bridgehead atoms. The number of hydrogen-bond donors (Lipinski definition) is 3. The SMILES string of the molecule is CN=C(NCc1ccc(NCCOC)cc1)NCC(c1ccccc1OC)N1CCCC1.I. The van der Waals surface area contributed by atoms with Crippen molar-refractivity contribution in [2.45, 2.75) is 25.4 Å². The van der Waals surface area contributed by atoms with Crippen LogP contribution in [0.25, 0.3) is 0 Å². The highest BCUT2D eigenvalue weighted by atomic mass is 127. The minimum absolute atomic E-state index is 0. The van der Waals surface area contributed by atoms with Crippen molar-refractivity contribution in [2.24, 2.45) is 4.99 Å². The van der Waals surface area contributed by atoms with Gasteiger partial charge in [0, 0.05) is 45.0 Å². The number of guanidine groups is 1. The Morgan fingerprint density at radius 1 is 1.03 bits per heavy atom. The second-order valence-corrected chi connectivity index (χ2v) is 7.92. The molecule has 8 heteroatoms. The maximum Gasteiger partial charge on any atom is 0.191 e. The van der Waals surface area contributed by atoms with Crippen LogP contribution in [0.2, 0.25) is 0 Å². The van der Waals surface area contributed by atoms with Gasteiger partial charge in [-0.3, -0.25) is 9.89 Å². The molecule has 1 fully saturated rings. The molecule has 1 atom stereocenters. The summed E-state index contributed by atoms with van der Waals surface area (Å²) >= 11 is 0. The lowest BCUT2D eigenvalue weighted by Crippen LogP contribution is -2.42. The molecule has 1 aliphatic rings. The average molecular weight is 568 g/mol. The van der Waals surface area contributed by atoms with Gasteiger partial charge in [0.05, 0.1) is 19.8 Å². The first kappa shape index (κ1) is 27.2. The molecule has 1 unspecified atom stereocenters. The highest BCUT2D eigenvalue weighted by molar-refractivity contribution is 14.0. The molecule has 3 N–H and O–H groups in total. The number of para-hydroxylation sites is 1. The standard InChI is InChI=1S/C25H37N5O2.HI/c1-26-25(28-18-20-10-12-21(13-11-20)27-14-17-31-2)29-19-23(30-15-6-7-16-30)22-8-4-5-9-24(22)32-3;/h4-5,8-13,23,27H,6-7,14-19H2,1-3H3,(H2,26,28,29);1H. The number of anilines is 1. The van der Waals surface area contributed by atoms with Crippen molar-refractivity contribution in [1.82, 2.24) is 15.5 Å². The normalized spacial score (nSPS) is 14.9. The Labute approximate surface area is 215 Å². The molecule has 0 spiro atoms. The Balaban J connectivity index is 0.00000385. The fourth-order valence-electron chi connectivity index (χ4n) is 4.07. The van der Waals surface area contributed by atoms with Crippen molar-refractivity contribution in [3.8, 4) is 5.75 Å². The summed E-state index contributed by atoms with van der Waals surface area (Å²) in [5, 5.41) is 10.3. The Morgan fingerprint density at radius 2 is 1.76 bits per heavy atom. The number of benzene rings is 2. The van der Waals surface area contributed by atoms with Gasteiger partial charge in [-0.15, -0.1) is 24.0 Å². The third-order valence-electron chi connectivity index (χ3n) is 5.82. The number of rotatable bonds is 11. The van der Waals surface area contributed by atoms with E-state index in [1.165, 1.54) is 24.0 Å². The average Bonchev–Trinajstić information content (AvgIpc) is 3.37. The summed E-state index contributed by atoms with van der Waals surface area (Å²) in [5.41, 5.74) is 3.51. The molecule has 0 aliphatic carbocycles. The van der Waals surface area contributed by atoms with Gasteiger partial charge in [0.15, 0.2) is 5.96 Å². The Bertz CT molecular complexity index is 841. The maximum absolute atomic E-state index is 5.65. The third-order valence-corrected chi connectivity index (χ3v) is 5.82. The van der Waals surface area contributed by atoms with Crippen LogP contribution in [-0.4, -0.2) is 64.9 Å². The van der Waals surface area contributed by atoms with Crippen molar-refractivity contribution in [3.63, 3.8) is 0 Å². The largest absolute Gasteiger partial charge is 0.496 e. The zero-order chi connectivity index (χ0) is 22.6. The molecule has 0 radical (unpaired) electrons. The predicted molar refractivity (Wildman–Crippen MR) is 147 cm³/mol. The molecule has 0 saturated carbocycles. The Kier molecular flexibility index (Phi) is 12.3. The second-order valence-electron chi connectivity index (χ2n) is 7.92. The highest BCUT2D eigenvalue weighted by Gasteiger charge is 2.26. The monoisotopic (exact) mass is 567 g/mol. The van der Waals surface area contributed by atoms with E-state index in [-0.39, 0.29) is 30.0 Å². The van der Waals surface area contributed by atoms with Crippen molar-refractivity contribution < 1.29 is 9.47 Å². The van der Waals surface area contributed by atoms with Crippen LogP contribution in [-0.2, 0) is 11.3 Å². The molecule has 0 amide bonds. The van der Waals surface area contributed by atoms with Crippen molar-refractivity contribution >= 4 is 35.6 Å². The number of halogens is 1. The number of aliphatic imine (C=N–C) groups is 1. The summed E-state index contributed by atoms with van der Waals surface area (Å²) < 4.78 is 10.7. The first-order chi connectivity index (χ1) is 15.7. The van der Waals surface area contributed by atoms with Gasteiger partial charge in [0.2, 0.25) is 0 Å². The van der Waals surface area contributed by atoms with Gasteiger partial charge in [-0.1, -0.05) is 30.3 Å². The smallest absolute Gasteiger partial charge is 0.191 e. The Hall–Kier alpha value is -2.04. The highest BCUT2D eigenvalue weighted by Crippen LogP contribution is 2.31. The first-order valence-electron chi connectivity index (χ1n) is 11.4. The number of nitrogens with one attached hydrogen (secondary N) is 3. The van der Waals surface area contributed by atoms with Gasteiger partial charge in [0.25, 0.3) is 0 Å². The zero-order valence-electron chi connectivity index (χ0n) is 20.0. The molecule has 0 aromatic heterocycles. The van der Waals surface area contributed by atoms with Crippen LogP contribution < -0.4 is 20.7 Å². The van der Waals surface area contributed by atoms with Crippen LogP contribution in [0.1, 0.15) is 30.0 Å². The number of likely N-dealkylation sites (tertiary alicyclic amines) is 1. The van der Waals surface area contributed by atoms with Gasteiger partial charge in [-0.25, -0.2) is 0 Å². The lowest BCUT2D eigenvalue weighted by Gasteiger charge is -2.30. The summed E-state index contributed by atoms with van der Waals surface area (Å²) in [7, 11) is 5.26.